The van der Waals surface area contributed by atoms with Crippen molar-refractivity contribution < 1.29 is 9.53 Å². The Labute approximate surface area is 131 Å². The van der Waals surface area contributed by atoms with Gasteiger partial charge in [0, 0.05) is 5.92 Å². The van der Waals surface area contributed by atoms with E-state index in [0.717, 1.165) is 6.42 Å². The number of esters is 1. The highest BCUT2D eigenvalue weighted by atomic mass is 16.5. The average molecular weight is 292 g/mol. The van der Waals surface area contributed by atoms with Crippen molar-refractivity contribution in [2.45, 2.75) is 25.2 Å². The van der Waals surface area contributed by atoms with E-state index in [1.807, 2.05) is 13.0 Å². The molecule has 2 aliphatic rings. The fourth-order valence-corrected chi connectivity index (χ4v) is 4.46. The van der Waals surface area contributed by atoms with E-state index in [0.29, 0.717) is 18.4 Å². The van der Waals surface area contributed by atoms with E-state index in [4.69, 9.17) is 4.74 Å². The first-order valence-corrected chi connectivity index (χ1v) is 8.10. The number of ether oxygens (including phenoxy) is 1. The van der Waals surface area contributed by atoms with Gasteiger partial charge in [-0.1, -0.05) is 54.6 Å². The van der Waals surface area contributed by atoms with Crippen LogP contribution >= 0.6 is 0 Å². The smallest absolute Gasteiger partial charge is 0.309 e. The van der Waals surface area contributed by atoms with E-state index in [9.17, 15) is 4.79 Å². The van der Waals surface area contributed by atoms with Gasteiger partial charge >= 0.3 is 5.97 Å². The molecule has 4 atom stereocenters. The molecule has 0 amide bonds. The average Bonchev–Trinajstić information content (AvgIpc) is 2.83. The summed E-state index contributed by atoms with van der Waals surface area (Å²) in [6.07, 6.45) is 1.01. The minimum absolute atomic E-state index is 0.000231. The molecule has 2 aromatic rings. The van der Waals surface area contributed by atoms with E-state index in [2.05, 4.69) is 48.5 Å². The van der Waals surface area contributed by atoms with Gasteiger partial charge < -0.3 is 4.74 Å². The number of hydrogen-bond acceptors (Lipinski definition) is 2. The van der Waals surface area contributed by atoms with Crippen LogP contribution in [0.25, 0.3) is 0 Å². The van der Waals surface area contributed by atoms with Crippen LogP contribution in [0.15, 0.2) is 54.6 Å². The molecule has 2 heteroatoms. The second-order valence-electron chi connectivity index (χ2n) is 6.31. The van der Waals surface area contributed by atoms with E-state index < -0.39 is 0 Å². The summed E-state index contributed by atoms with van der Waals surface area (Å²) in [4.78, 5) is 12.5. The highest BCUT2D eigenvalue weighted by Gasteiger charge is 2.58. The summed E-state index contributed by atoms with van der Waals surface area (Å²) in [5.41, 5.74) is 4.10. The molecule has 0 aliphatic heterocycles. The molecule has 1 saturated carbocycles. The van der Waals surface area contributed by atoms with Crippen LogP contribution in [0.4, 0.5) is 0 Å². The molecule has 0 spiro atoms. The van der Waals surface area contributed by atoms with Gasteiger partial charge in [-0.2, -0.15) is 0 Å². The molecule has 4 rings (SSSR count). The summed E-state index contributed by atoms with van der Waals surface area (Å²) in [6.45, 7) is 2.34. The third-order valence-electron chi connectivity index (χ3n) is 5.31. The molecular weight excluding hydrogens is 272 g/mol. The van der Waals surface area contributed by atoms with Gasteiger partial charge in [-0.05, 0) is 41.9 Å². The standard InChI is InChI=1S/C20H20O2/c1-2-22-20(21)19-16-12-14-10-6-7-11-15(14)18(16)17(19)13-8-4-3-5-9-13/h3-11,16-19H,2,12H2,1H3/t16-,17-,18+,19-/m1/s1. The monoisotopic (exact) mass is 292 g/mol. The van der Waals surface area contributed by atoms with Gasteiger partial charge in [0.05, 0.1) is 12.5 Å². The SMILES string of the molecule is CCOC(=O)[C@@H]1[C@@H]2Cc3ccccc3[C@@H]2[C@H]1c1ccccc1. The van der Waals surface area contributed by atoms with Crippen molar-refractivity contribution in [1.82, 2.24) is 0 Å². The van der Waals surface area contributed by atoms with Gasteiger partial charge in [0.2, 0.25) is 0 Å². The number of rotatable bonds is 3. The Morgan fingerprint density at radius 1 is 1.05 bits per heavy atom. The molecule has 0 radical (unpaired) electrons. The van der Waals surface area contributed by atoms with E-state index in [1.165, 1.54) is 16.7 Å². The minimum Gasteiger partial charge on any atom is -0.466 e. The second-order valence-corrected chi connectivity index (χ2v) is 6.31. The van der Waals surface area contributed by atoms with Crippen LogP contribution in [0.1, 0.15) is 35.4 Å². The Morgan fingerprint density at radius 3 is 2.55 bits per heavy atom. The molecule has 0 saturated heterocycles. The fraction of sp³-hybridized carbons (Fsp3) is 0.350. The molecule has 22 heavy (non-hydrogen) atoms. The molecule has 1 fully saturated rings. The lowest BCUT2D eigenvalue weighted by Gasteiger charge is -2.48. The van der Waals surface area contributed by atoms with Crippen molar-refractivity contribution in [3.8, 4) is 0 Å². The van der Waals surface area contributed by atoms with Crippen LogP contribution < -0.4 is 0 Å². The zero-order valence-corrected chi connectivity index (χ0v) is 12.7. The summed E-state index contributed by atoms with van der Waals surface area (Å²) in [5.74, 6) is 1.11. The van der Waals surface area contributed by atoms with E-state index in [1.54, 1.807) is 0 Å². The molecule has 2 aromatic carbocycles. The largest absolute Gasteiger partial charge is 0.466 e. The van der Waals surface area contributed by atoms with Gasteiger partial charge in [0.15, 0.2) is 0 Å². The molecule has 0 N–H and O–H groups in total. The quantitative estimate of drug-likeness (QED) is 0.802. The lowest BCUT2D eigenvalue weighted by molar-refractivity contribution is -0.156. The van der Waals surface area contributed by atoms with Gasteiger partial charge in [-0.25, -0.2) is 0 Å². The van der Waals surface area contributed by atoms with Crippen LogP contribution in [0.5, 0.6) is 0 Å². The van der Waals surface area contributed by atoms with Crippen LogP contribution in [-0.4, -0.2) is 12.6 Å². The lowest BCUT2D eigenvalue weighted by Crippen LogP contribution is -2.46. The normalized spacial score (nSPS) is 28.4. The third-order valence-corrected chi connectivity index (χ3v) is 5.31. The number of carbonyl (C=O) groups excluding carboxylic acids is 1. The van der Waals surface area contributed by atoms with Crippen molar-refractivity contribution in [2.24, 2.45) is 11.8 Å². The second kappa shape index (κ2) is 5.28. The Balaban J connectivity index is 1.74. The summed E-state index contributed by atoms with van der Waals surface area (Å²) in [7, 11) is 0. The third kappa shape index (κ3) is 1.90. The molecule has 0 bridgehead atoms. The maximum Gasteiger partial charge on any atom is 0.309 e. The number of hydrogen-bond donors (Lipinski definition) is 0. The first-order valence-electron chi connectivity index (χ1n) is 8.10. The topological polar surface area (TPSA) is 26.3 Å². The molecule has 0 aromatic heterocycles. The predicted molar refractivity (Wildman–Crippen MR) is 85.7 cm³/mol. The molecule has 112 valence electrons. The first-order chi connectivity index (χ1) is 10.8. The number of benzene rings is 2. The number of carbonyl (C=O) groups is 1. The highest BCUT2D eigenvalue weighted by Crippen LogP contribution is 2.63. The van der Waals surface area contributed by atoms with Crippen molar-refractivity contribution >= 4 is 5.97 Å². The van der Waals surface area contributed by atoms with Crippen LogP contribution in [0.3, 0.4) is 0 Å². The maximum absolute atomic E-state index is 12.5. The Morgan fingerprint density at radius 2 is 1.77 bits per heavy atom. The van der Waals surface area contributed by atoms with Crippen molar-refractivity contribution in [3.63, 3.8) is 0 Å². The Bertz CT molecular complexity index is 692. The molecule has 2 nitrogen and oxygen atoms in total. The van der Waals surface area contributed by atoms with Crippen molar-refractivity contribution in [2.75, 3.05) is 6.61 Å². The van der Waals surface area contributed by atoms with Crippen molar-refractivity contribution in [3.05, 3.63) is 71.3 Å². The molecule has 0 heterocycles. The summed E-state index contributed by atoms with van der Waals surface area (Å²) >= 11 is 0. The lowest BCUT2D eigenvalue weighted by atomic mass is 9.55. The number of fused-ring (bicyclic) bond motifs is 3. The summed E-state index contributed by atoms with van der Waals surface area (Å²) < 4.78 is 5.37. The van der Waals surface area contributed by atoms with Crippen LogP contribution in [0.2, 0.25) is 0 Å². The molecule has 2 aliphatic carbocycles. The summed E-state index contributed by atoms with van der Waals surface area (Å²) in [6, 6.07) is 19.1. The van der Waals surface area contributed by atoms with E-state index >= 15 is 0 Å². The first kappa shape index (κ1) is 13.6. The van der Waals surface area contributed by atoms with Crippen LogP contribution in [-0.2, 0) is 16.0 Å². The zero-order chi connectivity index (χ0) is 15.1. The highest BCUT2D eigenvalue weighted by molar-refractivity contribution is 5.77. The molecule has 0 unspecified atom stereocenters. The maximum atomic E-state index is 12.5. The van der Waals surface area contributed by atoms with Crippen molar-refractivity contribution in [1.29, 1.82) is 0 Å². The minimum atomic E-state index is -0.0228. The van der Waals surface area contributed by atoms with Gasteiger partial charge in [0.25, 0.3) is 0 Å². The van der Waals surface area contributed by atoms with Crippen LogP contribution in [0, 0.1) is 11.8 Å². The zero-order valence-electron chi connectivity index (χ0n) is 12.7. The Kier molecular flexibility index (Phi) is 3.25. The van der Waals surface area contributed by atoms with E-state index in [-0.39, 0.29) is 17.8 Å². The summed E-state index contributed by atoms with van der Waals surface area (Å²) in [5, 5.41) is 0. The van der Waals surface area contributed by atoms with Gasteiger partial charge in [0.1, 0.15) is 0 Å². The Hall–Kier alpha value is -2.09. The van der Waals surface area contributed by atoms with Gasteiger partial charge in [-0.3, -0.25) is 4.79 Å². The molecular formula is C20H20O2. The predicted octanol–water partition coefficient (Wildman–Crippen LogP) is 3.92. The van der Waals surface area contributed by atoms with Gasteiger partial charge in [-0.15, -0.1) is 0 Å². The fourth-order valence-electron chi connectivity index (χ4n) is 4.46.